The van der Waals surface area contributed by atoms with Crippen LogP contribution in [0.4, 0.5) is 16.3 Å². The molecule has 2 aromatic heterocycles. The summed E-state index contributed by atoms with van der Waals surface area (Å²) in [5.74, 6) is 0.345. The molecular weight excluding hydrogens is 327 g/mol. The second-order valence-electron chi connectivity index (χ2n) is 4.23. The van der Waals surface area contributed by atoms with Crippen molar-refractivity contribution in [2.75, 3.05) is 10.7 Å². The number of aromatic nitrogens is 2. The van der Waals surface area contributed by atoms with Crippen molar-refractivity contribution < 1.29 is 4.79 Å². The molecule has 2 amide bonds. The number of nitrogens with one attached hydrogen (secondary N) is 3. The molecular formula is C13H10Cl2N6O. The van der Waals surface area contributed by atoms with Crippen molar-refractivity contribution in [3.63, 3.8) is 0 Å². The normalized spacial score (nSPS) is 9.73. The molecule has 3 N–H and O–H groups in total. The number of hydrogen-bond donors (Lipinski definition) is 3. The van der Waals surface area contributed by atoms with Crippen LogP contribution in [0.15, 0.2) is 24.3 Å². The monoisotopic (exact) mass is 336 g/mol. The predicted molar refractivity (Wildman–Crippen MR) is 83.7 cm³/mol. The first-order valence-electron chi connectivity index (χ1n) is 6.01. The molecule has 2 aromatic rings. The zero-order valence-corrected chi connectivity index (χ0v) is 12.8. The van der Waals surface area contributed by atoms with Crippen LogP contribution in [0.25, 0.3) is 0 Å². The molecule has 2 rings (SSSR count). The summed E-state index contributed by atoms with van der Waals surface area (Å²) in [7, 11) is 0. The molecule has 0 radical (unpaired) electrons. The minimum absolute atomic E-state index is 0.162. The van der Waals surface area contributed by atoms with Gasteiger partial charge in [-0.15, -0.1) is 0 Å². The van der Waals surface area contributed by atoms with Gasteiger partial charge in [0.15, 0.2) is 0 Å². The van der Waals surface area contributed by atoms with E-state index in [4.69, 9.17) is 28.5 Å². The Bertz CT molecular complexity index is 738. The minimum Gasteiger partial charge on any atom is -0.306 e. The molecule has 7 nitrogen and oxygen atoms in total. The molecule has 0 aromatic carbocycles. The summed E-state index contributed by atoms with van der Waals surface area (Å²) in [5.41, 5.74) is 6.46. The van der Waals surface area contributed by atoms with Crippen molar-refractivity contribution in [2.24, 2.45) is 0 Å². The maximum Gasteiger partial charge on any atom is 0.337 e. The van der Waals surface area contributed by atoms with Gasteiger partial charge < -0.3 is 5.32 Å². The van der Waals surface area contributed by atoms with Crippen LogP contribution in [0.3, 0.4) is 0 Å². The van der Waals surface area contributed by atoms with Crippen LogP contribution in [-0.4, -0.2) is 16.0 Å². The number of hydrogen-bond acceptors (Lipinski definition) is 5. The van der Waals surface area contributed by atoms with E-state index in [2.05, 4.69) is 26.1 Å². The number of anilines is 2. The molecule has 0 aliphatic carbocycles. The molecule has 0 unspecified atom stereocenters. The predicted octanol–water partition coefficient (Wildman–Crippen LogP) is 3.11. The van der Waals surface area contributed by atoms with Crippen molar-refractivity contribution in [1.29, 1.82) is 5.26 Å². The van der Waals surface area contributed by atoms with Gasteiger partial charge in [-0.25, -0.2) is 14.8 Å². The van der Waals surface area contributed by atoms with Gasteiger partial charge in [0.2, 0.25) is 0 Å². The summed E-state index contributed by atoms with van der Waals surface area (Å²) in [6.45, 7) is 1.81. The lowest BCUT2D eigenvalue weighted by atomic mass is 10.2. The second kappa shape index (κ2) is 6.93. The second-order valence-corrected chi connectivity index (χ2v) is 5.01. The van der Waals surface area contributed by atoms with Gasteiger partial charge in [0.25, 0.3) is 0 Å². The van der Waals surface area contributed by atoms with Crippen LogP contribution < -0.4 is 16.2 Å². The van der Waals surface area contributed by atoms with E-state index in [1.54, 1.807) is 12.1 Å². The number of hydrazine groups is 1. The van der Waals surface area contributed by atoms with Gasteiger partial charge in [-0.1, -0.05) is 23.2 Å². The molecule has 0 spiro atoms. The molecule has 2 heterocycles. The molecule has 0 aliphatic heterocycles. The van der Waals surface area contributed by atoms with Gasteiger partial charge in [-0.2, -0.15) is 5.26 Å². The third-order valence-corrected chi connectivity index (χ3v) is 2.80. The molecule has 0 saturated heterocycles. The van der Waals surface area contributed by atoms with Gasteiger partial charge in [-0.3, -0.25) is 10.9 Å². The lowest BCUT2D eigenvalue weighted by Crippen LogP contribution is -2.34. The molecule has 0 aliphatic rings. The molecule has 0 atom stereocenters. The maximum atomic E-state index is 11.8. The first kappa shape index (κ1) is 15.8. The van der Waals surface area contributed by atoms with Gasteiger partial charge >= 0.3 is 6.03 Å². The third kappa shape index (κ3) is 4.48. The average molecular weight is 337 g/mol. The number of nitriles is 1. The fourth-order valence-electron chi connectivity index (χ4n) is 1.61. The maximum absolute atomic E-state index is 11.8. The Morgan fingerprint density at radius 1 is 1.18 bits per heavy atom. The summed E-state index contributed by atoms with van der Waals surface area (Å²) >= 11 is 11.5. The van der Waals surface area contributed by atoms with Gasteiger partial charge in [0.05, 0.1) is 0 Å². The molecule has 0 saturated carbocycles. The highest BCUT2D eigenvalue weighted by molar-refractivity contribution is 6.32. The van der Waals surface area contributed by atoms with Crippen molar-refractivity contribution in [3.05, 3.63) is 45.8 Å². The molecule has 22 heavy (non-hydrogen) atoms. The van der Waals surface area contributed by atoms with Crippen LogP contribution in [0.2, 0.25) is 10.3 Å². The lowest BCUT2D eigenvalue weighted by Gasteiger charge is -2.10. The standard InChI is InChI=1S/C13H10Cl2N6O/c1-7-2-9(6-16)17-12(3-7)20-21-13(22)18-8-4-10(14)19-11(15)5-8/h2-5H,1H3,(H,17,20)(H2,18,19,21,22). The summed E-state index contributed by atoms with van der Waals surface area (Å²) < 4.78 is 0. The fraction of sp³-hybridized carbons (Fsp3) is 0.0769. The zero-order chi connectivity index (χ0) is 16.1. The number of pyridine rings is 2. The average Bonchev–Trinajstić information content (AvgIpc) is 2.43. The van der Waals surface area contributed by atoms with E-state index in [9.17, 15) is 4.79 Å². The highest BCUT2D eigenvalue weighted by atomic mass is 35.5. The number of aryl methyl sites for hydroxylation is 1. The Balaban J connectivity index is 1.98. The fourth-order valence-corrected chi connectivity index (χ4v) is 2.07. The van der Waals surface area contributed by atoms with Crippen molar-refractivity contribution >= 4 is 40.7 Å². The Morgan fingerprint density at radius 2 is 1.86 bits per heavy atom. The molecule has 112 valence electrons. The first-order valence-corrected chi connectivity index (χ1v) is 6.77. The zero-order valence-electron chi connectivity index (χ0n) is 11.3. The highest BCUT2D eigenvalue weighted by Gasteiger charge is 2.05. The first-order chi connectivity index (χ1) is 10.5. The Labute approximate surface area is 136 Å². The topological polar surface area (TPSA) is 103 Å². The number of rotatable bonds is 3. The van der Waals surface area contributed by atoms with Crippen molar-refractivity contribution in [2.45, 2.75) is 6.92 Å². The number of halogens is 2. The van der Waals surface area contributed by atoms with E-state index < -0.39 is 6.03 Å². The largest absolute Gasteiger partial charge is 0.337 e. The van der Waals surface area contributed by atoms with Gasteiger partial charge in [0.1, 0.15) is 27.9 Å². The number of urea groups is 1. The molecule has 0 fully saturated rings. The van der Waals surface area contributed by atoms with E-state index in [1.165, 1.54) is 12.1 Å². The minimum atomic E-state index is -0.555. The van der Waals surface area contributed by atoms with E-state index in [0.29, 0.717) is 11.5 Å². The van der Waals surface area contributed by atoms with Crippen LogP contribution >= 0.6 is 23.2 Å². The van der Waals surface area contributed by atoms with Crippen molar-refractivity contribution in [1.82, 2.24) is 15.4 Å². The van der Waals surface area contributed by atoms with Crippen LogP contribution in [0.5, 0.6) is 0 Å². The Morgan fingerprint density at radius 3 is 2.50 bits per heavy atom. The quantitative estimate of drug-likeness (QED) is 0.590. The number of nitrogens with zero attached hydrogens (tertiary/aromatic N) is 3. The summed E-state index contributed by atoms with van der Waals surface area (Å²) in [5, 5.41) is 11.7. The highest BCUT2D eigenvalue weighted by Crippen LogP contribution is 2.18. The smallest absolute Gasteiger partial charge is 0.306 e. The van der Waals surface area contributed by atoms with E-state index in [0.717, 1.165) is 5.56 Å². The lowest BCUT2D eigenvalue weighted by molar-refractivity contribution is 0.254. The van der Waals surface area contributed by atoms with Gasteiger partial charge in [-0.05, 0) is 36.8 Å². The summed E-state index contributed by atoms with van der Waals surface area (Å²) in [6.07, 6.45) is 0. The molecule has 0 bridgehead atoms. The van der Waals surface area contributed by atoms with Crippen LogP contribution in [-0.2, 0) is 0 Å². The Hall–Kier alpha value is -2.56. The van der Waals surface area contributed by atoms with Crippen LogP contribution in [0.1, 0.15) is 11.3 Å². The molecule has 9 heteroatoms. The summed E-state index contributed by atoms with van der Waals surface area (Å²) in [6, 6.07) is 7.59. The van der Waals surface area contributed by atoms with Gasteiger partial charge in [0, 0.05) is 5.69 Å². The van der Waals surface area contributed by atoms with E-state index in [1.807, 2.05) is 13.0 Å². The number of carbonyl (C=O) groups is 1. The Kier molecular flexibility index (Phi) is 4.99. The van der Waals surface area contributed by atoms with E-state index in [-0.39, 0.29) is 16.0 Å². The van der Waals surface area contributed by atoms with E-state index >= 15 is 0 Å². The third-order valence-electron chi connectivity index (χ3n) is 2.41. The SMILES string of the molecule is Cc1cc(C#N)nc(NNC(=O)Nc2cc(Cl)nc(Cl)c2)c1. The van der Waals surface area contributed by atoms with Crippen LogP contribution in [0, 0.1) is 18.3 Å². The van der Waals surface area contributed by atoms with Crippen molar-refractivity contribution in [3.8, 4) is 6.07 Å². The number of amides is 2. The number of carbonyl (C=O) groups excluding carboxylic acids is 1. The summed E-state index contributed by atoms with van der Waals surface area (Å²) in [4.78, 5) is 19.5.